The first-order valence-corrected chi connectivity index (χ1v) is 6.36. The van der Waals surface area contributed by atoms with Crippen molar-refractivity contribution >= 4 is 29.1 Å². The lowest BCUT2D eigenvalue weighted by Crippen LogP contribution is -2.37. The number of anilines is 1. The van der Waals surface area contributed by atoms with Gasteiger partial charge in [0.2, 0.25) is 11.8 Å². The first-order valence-electron chi connectivity index (χ1n) is 5.82. The Labute approximate surface area is 111 Å². The summed E-state index contributed by atoms with van der Waals surface area (Å²) in [6.07, 6.45) is 0.330. The molecular formula is C13H15ClN2O2. The van der Waals surface area contributed by atoms with E-state index >= 15 is 0 Å². The molecule has 18 heavy (non-hydrogen) atoms. The predicted octanol–water partition coefficient (Wildman–Crippen LogP) is 1.46. The Morgan fingerprint density at radius 2 is 2.11 bits per heavy atom. The first kappa shape index (κ1) is 12.9. The van der Waals surface area contributed by atoms with Crippen molar-refractivity contribution < 1.29 is 9.59 Å². The van der Waals surface area contributed by atoms with Gasteiger partial charge in [0.05, 0.1) is 6.04 Å². The van der Waals surface area contributed by atoms with Gasteiger partial charge in [0, 0.05) is 18.7 Å². The van der Waals surface area contributed by atoms with Gasteiger partial charge in [-0.25, -0.2) is 0 Å². The topological polar surface area (TPSA) is 49.4 Å². The largest absolute Gasteiger partial charge is 0.350 e. The van der Waals surface area contributed by atoms with E-state index in [1.807, 2.05) is 31.2 Å². The molecule has 96 valence electrons. The van der Waals surface area contributed by atoms with Crippen LogP contribution in [-0.2, 0) is 9.59 Å². The van der Waals surface area contributed by atoms with E-state index in [1.165, 1.54) is 0 Å². The van der Waals surface area contributed by atoms with Crippen molar-refractivity contribution in [3.8, 4) is 0 Å². The molecule has 0 radical (unpaired) electrons. The first-order chi connectivity index (χ1) is 8.60. The molecule has 0 bridgehead atoms. The second-order valence-corrected chi connectivity index (χ2v) is 4.71. The van der Waals surface area contributed by atoms with E-state index in [9.17, 15) is 9.59 Å². The molecule has 1 aromatic rings. The van der Waals surface area contributed by atoms with Gasteiger partial charge in [-0.15, -0.1) is 11.6 Å². The van der Waals surface area contributed by atoms with Crippen LogP contribution in [0.5, 0.6) is 0 Å². The summed E-state index contributed by atoms with van der Waals surface area (Å²) in [5.41, 5.74) is 2.02. The maximum Gasteiger partial charge on any atom is 0.235 e. The Bertz CT molecular complexity index is 459. The molecular weight excluding hydrogens is 252 g/mol. The van der Waals surface area contributed by atoms with Crippen molar-refractivity contribution in [1.29, 1.82) is 0 Å². The van der Waals surface area contributed by atoms with E-state index in [1.54, 1.807) is 4.90 Å². The Hall–Kier alpha value is -1.55. The van der Waals surface area contributed by atoms with Crippen molar-refractivity contribution in [2.24, 2.45) is 0 Å². The fourth-order valence-electron chi connectivity index (χ4n) is 2.04. The molecule has 0 aromatic heterocycles. The highest BCUT2D eigenvalue weighted by Gasteiger charge is 2.31. The minimum absolute atomic E-state index is 0.0266. The van der Waals surface area contributed by atoms with Gasteiger partial charge in [-0.2, -0.15) is 0 Å². The van der Waals surface area contributed by atoms with Gasteiger partial charge < -0.3 is 10.2 Å². The van der Waals surface area contributed by atoms with E-state index in [0.717, 1.165) is 11.3 Å². The second-order valence-electron chi connectivity index (χ2n) is 4.44. The third-order valence-electron chi connectivity index (χ3n) is 2.96. The fourth-order valence-corrected chi connectivity index (χ4v) is 2.12. The molecule has 1 saturated heterocycles. The number of carbonyl (C=O) groups is 2. The van der Waals surface area contributed by atoms with Crippen LogP contribution in [0.2, 0.25) is 0 Å². The van der Waals surface area contributed by atoms with Gasteiger partial charge in [-0.1, -0.05) is 17.7 Å². The third-order valence-corrected chi connectivity index (χ3v) is 3.20. The molecule has 1 atom stereocenters. The standard InChI is InChI=1S/C13H15ClN2O2/c1-9-2-4-11(5-3-9)16-8-10(6-13(16)18)15-12(17)7-14/h2-5,10H,6-8H2,1H3,(H,15,17)/t10-/m1/s1. The number of aryl methyl sites for hydroxylation is 1. The molecule has 1 N–H and O–H groups in total. The van der Waals surface area contributed by atoms with Crippen LogP contribution in [0.15, 0.2) is 24.3 Å². The molecule has 0 aliphatic carbocycles. The lowest BCUT2D eigenvalue weighted by Gasteiger charge is -2.17. The van der Waals surface area contributed by atoms with Crippen LogP contribution in [0.3, 0.4) is 0 Å². The summed E-state index contributed by atoms with van der Waals surface area (Å²) in [4.78, 5) is 24.8. The average molecular weight is 267 g/mol. The maximum atomic E-state index is 11.9. The number of rotatable bonds is 3. The highest BCUT2D eigenvalue weighted by molar-refractivity contribution is 6.27. The molecule has 1 fully saturated rings. The summed E-state index contributed by atoms with van der Waals surface area (Å²) < 4.78 is 0. The highest BCUT2D eigenvalue weighted by Crippen LogP contribution is 2.21. The molecule has 2 amide bonds. The van der Waals surface area contributed by atoms with E-state index < -0.39 is 0 Å². The molecule has 1 aliphatic rings. The smallest absolute Gasteiger partial charge is 0.235 e. The van der Waals surface area contributed by atoms with E-state index in [2.05, 4.69) is 5.32 Å². The van der Waals surface area contributed by atoms with Crippen LogP contribution in [0, 0.1) is 6.92 Å². The molecule has 2 rings (SSSR count). The van der Waals surface area contributed by atoms with Crippen molar-refractivity contribution in [2.75, 3.05) is 17.3 Å². The summed E-state index contributed by atoms with van der Waals surface area (Å²) in [5, 5.41) is 2.74. The molecule has 1 aliphatic heterocycles. The fraction of sp³-hybridized carbons (Fsp3) is 0.385. The number of carbonyl (C=O) groups excluding carboxylic acids is 2. The van der Waals surface area contributed by atoms with Gasteiger partial charge in [-0.3, -0.25) is 9.59 Å². The maximum absolute atomic E-state index is 11.9. The number of hydrogen-bond donors (Lipinski definition) is 1. The van der Waals surface area contributed by atoms with Gasteiger partial charge in [-0.05, 0) is 19.1 Å². The summed E-state index contributed by atoms with van der Waals surface area (Å²) in [5.74, 6) is -0.283. The quantitative estimate of drug-likeness (QED) is 0.842. The number of amides is 2. The number of alkyl halides is 1. The van der Waals surface area contributed by atoms with Crippen LogP contribution in [0.1, 0.15) is 12.0 Å². The molecule has 0 unspecified atom stereocenters. The molecule has 0 saturated carbocycles. The number of nitrogens with one attached hydrogen (secondary N) is 1. The Morgan fingerprint density at radius 1 is 1.44 bits per heavy atom. The van der Waals surface area contributed by atoms with Crippen molar-refractivity contribution in [3.63, 3.8) is 0 Å². The van der Waals surface area contributed by atoms with Gasteiger partial charge in [0.25, 0.3) is 0 Å². The average Bonchev–Trinajstić information content (AvgIpc) is 2.71. The lowest BCUT2D eigenvalue weighted by atomic mass is 10.2. The van der Waals surface area contributed by atoms with Crippen LogP contribution in [0.25, 0.3) is 0 Å². The van der Waals surface area contributed by atoms with Gasteiger partial charge >= 0.3 is 0 Å². The van der Waals surface area contributed by atoms with Gasteiger partial charge in [0.15, 0.2) is 0 Å². The Kier molecular flexibility index (Phi) is 3.87. The third kappa shape index (κ3) is 2.82. The monoisotopic (exact) mass is 266 g/mol. The molecule has 4 nitrogen and oxygen atoms in total. The van der Waals surface area contributed by atoms with E-state index in [-0.39, 0.29) is 23.7 Å². The Balaban J connectivity index is 2.05. The van der Waals surface area contributed by atoms with Crippen LogP contribution < -0.4 is 10.2 Å². The minimum Gasteiger partial charge on any atom is -0.350 e. The predicted molar refractivity (Wildman–Crippen MR) is 70.8 cm³/mol. The zero-order valence-electron chi connectivity index (χ0n) is 10.1. The zero-order chi connectivity index (χ0) is 13.1. The lowest BCUT2D eigenvalue weighted by molar-refractivity contribution is -0.119. The molecule has 1 heterocycles. The highest BCUT2D eigenvalue weighted by atomic mass is 35.5. The van der Waals surface area contributed by atoms with Crippen LogP contribution in [0.4, 0.5) is 5.69 Å². The summed E-state index contributed by atoms with van der Waals surface area (Å²) in [6.45, 7) is 2.50. The second kappa shape index (κ2) is 5.40. The number of nitrogens with zero attached hydrogens (tertiary/aromatic N) is 1. The Morgan fingerprint density at radius 3 is 2.72 bits per heavy atom. The van der Waals surface area contributed by atoms with Crippen molar-refractivity contribution in [1.82, 2.24) is 5.32 Å². The number of halogens is 1. The summed E-state index contributed by atoms with van der Waals surface area (Å²) >= 11 is 5.43. The van der Waals surface area contributed by atoms with Crippen molar-refractivity contribution in [2.45, 2.75) is 19.4 Å². The molecule has 5 heteroatoms. The minimum atomic E-state index is -0.236. The van der Waals surface area contributed by atoms with Crippen LogP contribution in [-0.4, -0.2) is 30.3 Å². The van der Waals surface area contributed by atoms with Crippen LogP contribution >= 0.6 is 11.6 Å². The van der Waals surface area contributed by atoms with Crippen molar-refractivity contribution in [3.05, 3.63) is 29.8 Å². The van der Waals surface area contributed by atoms with Gasteiger partial charge in [0.1, 0.15) is 5.88 Å². The molecule has 0 spiro atoms. The SMILES string of the molecule is Cc1ccc(N2C[C@H](NC(=O)CCl)CC2=O)cc1. The zero-order valence-corrected chi connectivity index (χ0v) is 10.9. The number of hydrogen-bond acceptors (Lipinski definition) is 2. The normalized spacial score (nSPS) is 19.1. The summed E-state index contributed by atoms with van der Waals surface area (Å²) in [6, 6.07) is 7.61. The van der Waals surface area contributed by atoms with E-state index in [4.69, 9.17) is 11.6 Å². The molecule has 1 aromatic carbocycles. The van der Waals surface area contributed by atoms with E-state index in [0.29, 0.717) is 13.0 Å². The summed E-state index contributed by atoms with van der Waals surface area (Å²) in [7, 11) is 0. The number of benzene rings is 1.